The second-order valence-electron chi connectivity index (χ2n) is 4.65. The molecule has 0 spiro atoms. The van der Waals surface area contributed by atoms with Gasteiger partial charge in [-0.1, -0.05) is 48.5 Å². The number of nitrogens with zero attached hydrogens (tertiary/aromatic N) is 1. The number of pyridine rings is 1. The van der Waals surface area contributed by atoms with E-state index in [0.29, 0.717) is 6.54 Å². The zero-order chi connectivity index (χ0) is 13.1. The number of hydrogen-bond donors (Lipinski definition) is 1. The maximum Gasteiger partial charge on any atom is 0.0491 e. The molecule has 94 valence electrons. The maximum atomic E-state index is 5.94. The van der Waals surface area contributed by atoms with Gasteiger partial charge in [0.2, 0.25) is 0 Å². The van der Waals surface area contributed by atoms with Crippen LogP contribution in [0.25, 0.3) is 10.8 Å². The highest BCUT2D eigenvalue weighted by Gasteiger charge is 2.13. The zero-order valence-electron chi connectivity index (χ0n) is 10.7. The second-order valence-corrected chi connectivity index (χ2v) is 4.65. The van der Waals surface area contributed by atoms with Gasteiger partial charge in [-0.25, -0.2) is 0 Å². The van der Waals surface area contributed by atoms with Crippen LogP contribution in [0.4, 0.5) is 0 Å². The van der Waals surface area contributed by atoms with Crippen LogP contribution in [-0.2, 0) is 0 Å². The number of fused-ring (bicyclic) bond motifs is 1. The van der Waals surface area contributed by atoms with Crippen molar-refractivity contribution in [1.29, 1.82) is 0 Å². The smallest absolute Gasteiger partial charge is 0.0491 e. The lowest BCUT2D eigenvalue weighted by Crippen LogP contribution is -2.14. The Bertz CT molecular complexity index is 677. The van der Waals surface area contributed by atoms with Crippen molar-refractivity contribution in [2.24, 2.45) is 5.73 Å². The molecule has 0 amide bonds. The summed E-state index contributed by atoms with van der Waals surface area (Å²) in [5, 5.41) is 2.50. The number of benzene rings is 2. The van der Waals surface area contributed by atoms with Gasteiger partial charge in [0.25, 0.3) is 0 Å². The minimum atomic E-state index is 0.158. The average Bonchev–Trinajstić information content (AvgIpc) is 2.49. The van der Waals surface area contributed by atoms with E-state index in [9.17, 15) is 0 Å². The first-order chi connectivity index (χ1) is 9.38. The van der Waals surface area contributed by atoms with E-state index in [0.717, 1.165) is 5.69 Å². The molecule has 1 atom stereocenters. The molecule has 3 aromatic rings. The molecule has 2 N–H and O–H groups in total. The third kappa shape index (κ3) is 2.35. The number of hydrogen-bond acceptors (Lipinski definition) is 2. The van der Waals surface area contributed by atoms with Crippen LogP contribution in [0.5, 0.6) is 0 Å². The summed E-state index contributed by atoms with van der Waals surface area (Å²) in [4.78, 5) is 4.43. The van der Waals surface area contributed by atoms with Crippen LogP contribution in [0.2, 0.25) is 0 Å². The molecule has 19 heavy (non-hydrogen) atoms. The summed E-state index contributed by atoms with van der Waals surface area (Å²) in [5.41, 5.74) is 8.19. The Labute approximate surface area is 112 Å². The van der Waals surface area contributed by atoms with Gasteiger partial charge in [-0.3, -0.25) is 4.98 Å². The van der Waals surface area contributed by atoms with E-state index < -0.39 is 0 Å². The van der Waals surface area contributed by atoms with Crippen molar-refractivity contribution in [1.82, 2.24) is 4.98 Å². The van der Waals surface area contributed by atoms with Gasteiger partial charge in [-0.2, -0.15) is 0 Å². The minimum absolute atomic E-state index is 0.158. The average molecular weight is 248 g/mol. The molecule has 1 heterocycles. The zero-order valence-corrected chi connectivity index (χ0v) is 10.7. The van der Waals surface area contributed by atoms with Gasteiger partial charge in [0.15, 0.2) is 0 Å². The van der Waals surface area contributed by atoms with Crippen molar-refractivity contribution in [3.05, 3.63) is 78.1 Å². The normalized spacial score (nSPS) is 12.5. The summed E-state index contributed by atoms with van der Waals surface area (Å²) in [6, 6.07) is 20.8. The van der Waals surface area contributed by atoms with Crippen molar-refractivity contribution >= 4 is 10.8 Å². The molecule has 0 bridgehead atoms. The summed E-state index contributed by atoms with van der Waals surface area (Å²) >= 11 is 0. The fraction of sp³-hybridized carbons (Fsp3) is 0.118. The first-order valence-corrected chi connectivity index (χ1v) is 6.48. The van der Waals surface area contributed by atoms with Crippen molar-refractivity contribution in [2.75, 3.05) is 6.54 Å². The van der Waals surface area contributed by atoms with Gasteiger partial charge < -0.3 is 5.73 Å². The lowest BCUT2D eigenvalue weighted by Gasteiger charge is -2.15. The number of rotatable bonds is 3. The molecule has 0 unspecified atom stereocenters. The molecule has 0 saturated heterocycles. The highest BCUT2D eigenvalue weighted by molar-refractivity contribution is 5.83. The summed E-state index contributed by atoms with van der Waals surface area (Å²) in [6.45, 7) is 0.565. The van der Waals surface area contributed by atoms with Gasteiger partial charge in [0.1, 0.15) is 0 Å². The Kier molecular flexibility index (Phi) is 3.25. The minimum Gasteiger partial charge on any atom is -0.329 e. The maximum absolute atomic E-state index is 5.94. The van der Waals surface area contributed by atoms with Gasteiger partial charge in [-0.15, -0.1) is 0 Å². The van der Waals surface area contributed by atoms with Crippen molar-refractivity contribution in [3.63, 3.8) is 0 Å². The van der Waals surface area contributed by atoms with Crippen molar-refractivity contribution in [2.45, 2.75) is 5.92 Å². The summed E-state index contributed by atoms with van der Waals surface area (Å²) in [5.74, 6) is 0.158. The SMILES string of the molecule is NC[C@H](c1ccc2ccccc2c1)c1ccccn1. The van der Waals surface area contributed by atoms with Gasteiger partial charge in [0, 0.05) is 24.4 Å². The largest absolute Gasteiger partial charge is 0.329 e. The first kappa shape index (κ1) is 11.9. The van der Waals surface area contributed by atoms with Gasteiger partial charge >= 0.3 is 0 Å². The van der Waals surface area contributed by atoms with Crippen LogP contribution in [0.15, 0.2) is 66.9 Å². The van der Waals surface area contributed by atoms with Crippen LogP contribution in [0.1, 0.15) is 17.2 Å². The molecule has 0 aliphatic rings. The van der Waals surface area contributed by atoms with E-state index in [-0.39, 0.29) is 5.92 Å². The van der Waals surface area contributed by atoms with Gasteiger partial charge in [-0.05, 0) is 28.5 Å². The van der Waals surface area contributed by atoms with E-state index >= 15 is 0 Å². The topological polar surface area (TPSA) is 38.9 Å². The molecule has 1 aromatic heterocycles. The molecule has 0 fully saturated rings. The van der Waals surface area contributed by atoms with Crippen LogP contribution < -0.4 is 5.73 Å². The fourth-order valence-electron chi connectivity index (χ4n) is 2.43. The van der Waals surface area contributed by atoms with E-state index in [4.69, 9.17) is 5.73 Å². The van der Waals surface area contributed by atoms with E-state index in [2.05, 4.69) is 47.4 Å². The molecular weight excluding hydrogens is 232 g/mol. The summed E-state index contributed by atoms with van der Waals surface area (Å²) in [7, 11) is 0. The molecular formula is C17H16N2. The predicted octanol–water partition coefficient (Wildman–Crippen LogP) is 3.33. The Morgan fingerprint density at radius 3 is 2.42 bits per heavy atom. The summed E-state index contributed by atoms with van der Waals surface area (Å²) in [6.07, 6.45) is 1.82. The second kappa shape index (κ2) is 5.21. The molecule has 2 heteroatoms. The third-order valence-electron chi connectivity index (χ3n) is 3.46. The van der Waals surface area contributed by atoms with Crippen LogP contribution >= 0.6 is 0 Å². The van der Waals surface area contributed by atoms with Crippen LogP contribution in [-0.4, -0.2) is 11.5 Å². The fourth-order valence-corrected chi connectivity index (χ4v) is 2.43. The van der Waals surface area contributed by atoms with Gasteiger partial charge in [0.05, 0.1) is 0 Å². The summed E-state index contributed by atoms with van der Waals surface area (Å²) < 4.78 is 0. The molecule has 0 radical (unpaired) electrons. The van der Waals surface area contributed by atoms with Crippen molar-refractivity contribution < 1.29 is 0 Å². The Hall–Kier alpha value is -2.19. The van der Waals surface area contributed by atoms with E-state index in [1.165, 1.54) is 16.3 Å². The molecule has 2 aromatic carbocycles. The molecule has 2 nitrogen and oxygen atoms in total. The highest BCUT2D eigenvalue weighted by atomic mass is 14.7. The lowest BCUT2D eigenvalue weighted by atomic mass is 9.93. The Balaban J connectivity index is 2.06. The van der Waals surface area contributed by atoms with E-state index in [1.807, 2.05) is 24.4 Å². The number of aromatic nitrogens is 1. The Morgan fingerprint density at radius 1 is 0.895 bits per heavy atom. The van der Waals surface area contributed by atoms with Crippen LogP contribution in [0, 0.1) is 0 Å². The van der Waals surface area contributed by atoms with Crippen molar-refractivity contribution in [3.8, 4) is 0 Å². The van der Waals surface area contributed by atoms with Crippen LogP contribution in [0.3, 0.4) is 0 Å². The predicted molar refractivity (Wildman–Crippen MR) is 79.1 cm³/mol. The lowest BCUT2D eigenvalue weighted by molar-refractivity contribution is 0.788. The first-order valence-electron chi connectivity index (χ1n) is 6.48. The molecule has 0 aliphatic carbocycles. The third-order valence-corrected chi connectivity index (χ3v) is 3.46. The molecule has 0 saturated carbocycles. The Morgan fingerprint density at radius 2 is 1.68 bits per heavy atom. The molecule has 3 rings (SSSR count). The van der Waals surface area contributed by atoms with E-state index in [1.54, 1.807) is 0 Å². The highest BCUT2D eigenvalue weighted by Crippen LogP contribution is 2.25. The number of nitrogens with two attached hydrogens (primary N) is 1. The molecule has 0 aliphatic heterocycles. The standard InChI is InChI=1S/C17H16N2/c18-12-16(17-7-3-4-10-19-17)15-9-8-13-5-1-2-6-14(13)11-15/h1-11,16H,12,18H2/t16-/m1/s1. The monoisotopic (exact) mass is 248 g/mol. The quantitative estimate of drug-likeness (QED) is 0.772.